The van der Waals surface area contributed by atoms with Crippen LogP contribution in [0.15, 0.2) is 66.7 Å². The normalized spacial score (nSPS) is 14.8. The highest BCUT2D eigenvalue weighted by atomic mass is 19.1. The smallest absolute Gasteiger partial charge is 0.255 e. The second-order valence-electron chi connectivity index (χ2n) is 9.65. The molecule has 0 radical (unpaired) electrons. The Morgan fingerprint density at radius 1 is 0.821 bits per heavy atom. The van der Waals surface area contributed by atoms with Crippen molar-refractivity contribution in [2.75, 3.05) is 36.9 Å². The number of pyridine rings is 1. The van der Waals surface area contributed by atoms with Crippen molar-refractivity contribution in [3.05, 3.63) is 89.4 Å². The number of carbonyl (C=O) groups is 2. The van der Waals surface area contributed by atoms with E-state index in [0.29, 0.717) is 41.5 Å². The Balaban J connectivity index is 1.14. The van der Waals surface area contributed by atoms with Gasteiger partial charge in [-0.1, -0.05) is 6.07 Å². The molecule has 0 bridgehead atoms. The number of aromatic nitrogens is 1. The summed E-state index contributed by atoms with van der Waals surface area (Å²) in [5, 5.41) is 6.18. The van der Waals surface area contributed by atoms with Gasteiger partial charge in [0.05, 0.1) is 16.9 Å². The van der Waals surface area contributed by atoms with Gasteiger partial charge in [0.2, 0.25) is 0 Å². The molecular formula is C30H27FN4O4. The minimum atomic E-state index is -0.616. The molecule has 2 aliphatic heterocycles. The summed E-state index contributed by atoms with van der Waals surface area (Å²) in [6, 6.07) is 18.1. The summed E-state index contributed by atoms with van der Waals surface area (Å²) < 4.78 is 25.6. The highest BCUT2D eigenvalue weighted by Crippen LogP contribution is 2.31. The third-order valence-electron chi connectivity index (χ3n) is 6.87. The third-order valence-corrected chi connectivity index (χ3v) is 6.87. The third kappa shape index (κ3) is 5.53. The fraction of sp³-hybridized carbons (Fsp3) is 0.233. The van der Waals surface area contributed by atoms with E-state index in [1.807, 2.05) is 12.1 Å². The highest BCUT2D eigenvalue weighted by Gasteiger charge is 2.17. The fourth-order valence-corrected chi connectivity index (χ4v) is 4.85. The molecule has 2 aliphatic rings. The molecule has 1 saturated heterocycles. The number of anilines is 2. The summed E-state index contributed by atoms with van der Waals surface area (Å²) in [5.41, 5.74) is 2.83. The second kappa shape index (κ2) is 10.7. The summed E-state index contributed by atoms with van der Waals surface area (Å²) in [6.07, 6.45) is 2.45. The standard InChI is InChI=1S/C30H27FN4O4/c31-24-8-7-22(33-29(36)21-5-10-27-28(16-21)39-14-13-38-27)17-26(24)34-30(37)20-4-9-25-19(15-20)3-6-23(32-25)18-35-11-1-2-12-35/h3-10,15-17H,1-2,11-14,18H2,(H,33,36)(H,34,37). The van der Waals surface area contributed by atoms with Gasteiger partial charge in [-0.2, -0.15) is 0 Å². The number of ether oxygens (including phenoxy) is 2. The van der Waals surface area contributed by atoms with Crippen LogP contribution in [0.25, 0.3) is 10.9 Å². The number of benzene rings is 3. The van der Waals surface area contributed by atoms with Crippen LogP contribution in [-0.4, -0.2) is 48.0 Å². The molecule has 0 spiro atoms. The van der Waals surface area contributed by atoms with Crippen molar-refractivity contribution in [2.45, 2.75) is 19.4 Å². The van der Waals surface area contributed by atoms with Gasteiger partial charge in [0, 0.05) is 28.7 Å². The van der Waals surface area contributed by atoms with Crippen molar-refractivity contribution in [2.24, 2.45) is 0 Å². The Morgan fingerprint density at radius 3 is 2.41 bits per heavy atom. The molecule has 6 rings (SSSR count). The molecule has 1 aromatic heterocycles. The second-order valence-corrected chi connectivity index (χ2v) is 9.65. The van der Waals surface area contributed by atoms with E-state index in [9.17, 15) is 14.0 Å². The van der Waals surface area contributed by atoms with Crippen molar-refractivity contribution in [3.63, 3.8) is 0 Å². The molecule has 4 aromatic rings. The van der Waals surface area contributed by atoms with E-state index >= 15 is 0 Å². The van der Waals surface area contributed by atoms with Crippen molar-refractivity contribution in [1.29, 1.82) is 0 Å². The maximum absolute atomic E-state index is 14.6. The lowest BCUT2D eigenvalue weighted by Gasteiger charge is -2.18. The number of rotatable bonds is 6. The van der Waals surface area contributed by atoms with Gasteiger partial charge in [0.15, 0.2) is 11.5 Å². The van der Waals surface area contributed by atoms with Crippen LogP contribution >= 0.6 is 0 Å². The predicted octanol–water partition coefficient (Wildman–Crippen LogP) is 5.25. The topological polar surface area (TPSA) is 92.8 Å². The molecule has 2 N–H and O–H groups in total. The van der Waals surface area contributed by atoms with Crippen LogP contribution in [0.1, 0.15) is 39.3 Å². The molecule has 0 saturated carbocycles. The minimum absolute atomic E-state index is 0.0424. The molecular weight excluding hydrogens is 499 g/mol. The van der Waals surface area contributed by atoms with Crippen LogP contribution in [-0.2, 0) is 6.54 Å². The maximum atomic E-state index is 14.6. The number of hydrogen-bond acceptors (Lipinski definition) is 6. The first-order valence-electron chi connectivity index (χ1n) is 13.0. The Bertz CT molecular complexity index is 1570. The van der Waals surface area contributed by atoms with E-state index in [2.05, 4.69) is 15.5 Å². The molecule has 39 heavy (non-hydrogen) atoms. The van der Waals surface area contributed by atoms with Gasteiger partial charge < -0.3 is 20.1 Å². The monoisotopic (exact) mass is 526 g/mol. The van der Waals surface area contributed by atoms with Gasteiger partial charge >= 0.3 is 0 Å². The zero-order valence-electron chi connectivity index (χ0n) is 21.2. The predicted molar refractivity (Wildman–Crippen MR) is 146 cm³/mol. The summed E-state index contributed by atoms with van der Waals surface area (Å²) in [7, 11) is 0. The largest absolute Gasteiger partial charge is 0.486 e. The zero-order chi connectivity index (χ0) is 26.8. The highest BCUT2D eigenvalue weighted by molar-refractivity contribution is 6.07. The van der Waals surface area contributed by atoms with Gasteiger partial charge in [-0.3, -0.25) is 19.5 Å². The number of carbonyl (C=O) groups excluding carboxylic acids is 2. The Kier molecular flexibility index (Phi) is 6.81. The van der Waals surface area contributed by atoms with Gasteiger partial charge in [0.25, 0.3) is 11.8 Å². The van der Waals surface area contributed by atoms with E-state index < -0.39 is 17.6 Å². The lowest BCUT2D eigenvalue weighted by atomic mass is 10.1. The molecule has 8 nitrogen and oxygen atoms in total. The number of likely N-dealkylation sites (tertiary alicyclic amines) is 1. The number of hydrogen-bond donors (Lipinski definition) is 2. The van der Waals surface area contributed by atoms with E-state index in [1.54, 1.807) is 36.4 Å². The van der Waals surface area contributed by atoms with Crippen LogP contribution in [0.3, 0.4) is 0 Å². The first-order valence-corrected chi connectivity index (χ1v) is 13.0. The summed E-state index contributed by atoms with van der Waals surface area (Å²) in [5.74, 6) is -0.408. The number of nitrogens with zero attached hydrogens (tertiary/aromatic N) is 2. The van der Waals surface area contributed by atoms with Gasteiger partial charge in [0.1, 0.15) is 19.0 Å². The van der Waals surface area contributed by atoms with Crippen molar-refractivity contribution in [1.82, 2.24) is 9.88 Å². The van der Waals surface area contributed by atoms with Crippen LogP contribution < -0.4 is 20.1 Å². The van der Waals surface area contributed by atoms with Crippen molar-refractivity contribution >= 4 is 34.1 Å². The first-order chi connectivity index (χ1) is 19.0. The molecule has 198 valence electrons. The lowest BCUT2D eigenvalue weighted by molar-refractivity contribution is 0.101. The SMILES string of the molecule is O=C(Nc1ccc(F)c(NC(=O)c2ccc3nc(CN4CCCC4)ccc3c2)c1)c1ccc2c(c1)OCCO2. The van der Waals surface area contributed by atoms with Gasteiger partial charge in [-0.05, 0) is 86.6 Å². The van der Waals surface area contributed by atoms with E-state index in [-0.39, 0.29) is 5.69 Å². The Labute approximate surface area is 224 Å². The molecule has 3 heterocycles. The Morgan fingerprint density at radius 2 is 1.56 bits per heavy atom. The van der Waals surface area contributed by atoms with Crippen LogP contribution in [0.4, 0.5) is 15.8 Å². The average molecular weight is 527 g/mol. The summed E-state index contributed by atoms with van der Waals surface area (Å²) in [4.78, 5) is 32.9. The van der Waals surface area contributed by atoms with Crippen molar-refractivity contribution < 1.29 is 23.5 Å². The maximum Gasteiger partial charge on any atom is 0.255 e. The van der Waals surface area contributed by atoms with E-state index in [0.717, 1.165) is 36.2 Å². The molecule has 0 aliphatic carbocycles. The quantitative estimate of drug-likeness (QED) is 0.357. The molecule has 3 aromatic carbocycles. The Hall–Kier alpha value is -4.50. The summed E-state index contributed by atoms with van der Waals surface area (Å²) in [6.45, 7) is 3.88. The van der Waals surface area contributed by atoms with Gasteiger partial charge in [-0.15, -0.1) is 0 Å². The van der Waals surface area contributed by atoms with Crippen molar-refractivity contribution in [3.8, 4) is 11.5 Å². The first kappa shape index (κ1) is 24.8. The number of halogens is 1. The summed E-state index contributed by atoms with van der Waals surface area (Å²) >= 11 is 0. The molecule has 9 heteroatoms. The average Bonchev–Trinajstić information content (AvgIpc) is 3.47. The lowest BCUT2D eigenvalue weighted by Crippen LogP contribution is -2.19. The van der Waals surface area contributed by atoms with Crippen LogP contribution in [0.2, 0.25) is 0 Å². The molecule has 2 amide bonds. The van der Waals surface area contributed by atoms with Crippen LogP contribution in [0.5, 0.6) is 11.5 Å². The van der Waals surface area contributed by atoms with Crippen LogP contribution in [0, 0.1) is 5.82 Å². The van der Waals surface area contributed by atoms with E-state index in [4.69, 9.17) is 14.5 Å². The minimum Gasteiger partial charge on any atom is -0.486 e. The number of amides is 2. The molecule has 0 unspecified atom stereocenters. The van der Waals surface area contributed by atoms with Gasteiger partial charge in [-0.25, -0.2) is 4.39 Å². The number of fused-ring (bicyclic) bond motifs is 2. The van der Waals surface area contributed by atoms with E-state index in [1.165, 1.54) is 31.0 Å². The zero-order valence-corrected chi connectivity index (χ0v) is 21.2. The fourth-order valence-electron chi connectivity index (χ4n) is 4.85. The molecule has 0 atom stereocenters. The molecule has 1 fully saturated rings. The number of nitrogens with one attached hydrogen (secondary N) is 2.